The third-order valence-corrected chi connectivity index (χ3v) is 2.94. The van der Waals surface area contributed by atoms with Crippen molar-refractivity contribution in [3.05, 3.63) is 28.4 Å². The zero-order valence-electron chi connectivity index (χ0n) is 10.4. The van der Waals surface area contributed by atoms with Gasteiger partial charge in [-0.25, -0.2) is 4.79 Å². The second kappa shape index (κ2) is 5.44. The van der Waals surface area contributed by atoms with Gasteiger partial charge in [0.1, 0.15) is 17.6 Å². The van der Waals surface area contributed by atoms with Gasteiger partial charge in [0.05, 0.1) is 22.0 Å². The molecule has 0 N–H and O–H groups in total. The van der Waals surface area contributed by atoms with Gasteiger partial charge in [-0.15, -0.1) is 0 Å². The molecule has 1 heterocycles. The van der Waals surface area contributed by atoms with Crippen LogP contribution in [0, 0.1) is 0 Å². The predicted octanol–water partition coefficient (Wildman–Crippen LogP) is 3.30. The normalized spacial score (nSPS) is 10.5. The number of benzene rings is 1. The van der Waals surface area contributed by atoms with Crippen LogP contribution in [0.15, 0.2) is 27.3 Å². The van der Waals surface area contributed by atoms with Gasteiger partial charge >= 0.3 is 11.9 Å². The summed E-state index contributed by atoms with van der Waals surface area (Å²) in [7, 11) is 0. The number of ether oxygens (including phenoxy) is 2. The van der Waals surface area contributed by atoms with Crippen molar-refractivity contribution in [2.45, 2.75) is 13.8 Å². The van der Waals surface area contributed by atoms with E-state index in [9.17, 15) is 9.59 Å². The molecule has 0 radical (unpaired) electrons. The lowest BCUT2D eigenvalue weighted by molar-refractivity contribution is -0.131. The van der Waals surface area contributed by atoms with Crippen LogP contribution in [0.3, 0.4) is 0 Å². The summed E-state index contributed by atoms with van der Waals surface area (Å²) < 4.78 is 16.0. The van der Waals surface area contributed by atoms with Gasteiger partial charge in [-0.05, 0) is 35.0 Å². The van der Waals surface area contributed by atoms with Gasteiger partial charge in [-0.3, -0.25) is 4.79 Å². The fourth-order valence-corrected chi connectivity index (χ4v) is 2.14. The lowest BCUT2D eigenvalue weighted by Gasteiger charge is -2.06. The standard InChI is InChI=1S/C13H11BrO5/c1-3-17-13(16)8-4-10-12(9(14)6-18-10)11(5-8)19-7(2)15/h4-6H,3H2,1-2H3. The Kier molecular flexibility index (Phi) is 3.90. The first-order chi connectivity index (χ1) is 9.02. The highest BCUT2D eigenvalue weighted by molar-refractivity contribution is 9.10. The molecule has 6 heteroatoms. The highest BCUT2D eigenvalue weighted by Gasteiger charge is 2.17. The van der Waals surface area contributed by atoms with Crippen molar-refractivity contribution in [3.63, 3.8) is 0 Å². The summed E-state index contributed by atoms with van der Waals surface area (Å²) in [6.07, 6.45) is 1.46. The van der Waals surface area contributed by atoms with E-state index >= 15 is 0 Å². The molecule has 1 aromatic heterocycles. The summed E-state index contributed by atoms with van der Waals surface area (Å²) in [5.74, 6) is -0.714. The van der Waals surface area contributed by atoms with E-state index in [0.29, 0.717) is 15.4 Å². The Labute approximate surface area is 117 Å². The van der Waals surface area contributed by atoms with Crippen molar-refractivity contribution in [2.24, 2.45) is 0 Å². The minimum atomic E-state index is -0.495. The molecule has 0 atom stereocenters. The highest BCUT2D eigenvalue weighted by Crippen LogP contribution is 2.35. The maximum atomic E-state index is 11.7. The number of hydrogen-bond acceptors (Lipinski definition) is 5. The molecular weight excluding hydrogens is 316 g/mol. The van der Waals surface area contributed by atoms with Crippen LogP contribution in [0.1, 0.15) is 24.2 Å². The Bertz CT molecular complexity index is 644. The molecule has 5 nitrogen and oxygen atoms in total. The van der Waals surface area contributed by atoms with Crippen LogP contribution < -0.4 is 4.74 Å². The number of carbonyl (C=O) groups excluding carboxylic acids is 2. The zero-order valence-corrected chi connectivity index (χ0v) is 11.9. The molecule has 2 aromatic rings. The number of furan rings is 1. The van der Waals surface area contributed by atoms with E-state index in [1.165, 1.54) is 19.3 Å². The quantitative estimate of drug-likeness (QED) is 0.639. The summed E-state index contributed by atoms with van der Waals surface area (Å²) in [6, 6.07) is 3.01. The van der Waals surface area contributed by atoms with E-state index in [1.54, 1.807) is 13.0 Å². The molecule has 0 aliphatic heterocycles. The molecule has 0 spiro atoms. The number of rotatable bonds is 3. The van der Waals surface area contributed by atoms with E-state index in [-0.39, 0.29) is 17.9 Å². The average molecular weight is 327 g/mol. The molecule has 0 amide bonds. The van der Waals surface area contributed by atoms with Gasteiger partial charge in [0, 0.05) is 6.92 Å². The molecule has 2 rings (SSSR count). The summed E-state index contributed by atoms with van der Waals surface area (Å²) >= 11 is 3.30. The summed E-state index contributed by atoms with van der Waals surface area (Å²) in [5.41, 5.74) is 0.709. The van der Waals surface area contributed by atoms with Crippen molar-refractivity contribution in [1.29, 1.82) is 0 Å². The smallest absolute Gasteiger partial charge is 0.338 e. The topological polar surface area (TPSA) is 65.7 Å². The van der Waals surface area contributed by atoms with Crippen LogP contribution in [0.25, 0.3) is 11.0 Å². The van der Waals surface area contributed by atoms with Gasteiger partial charge in [0.25, 0.3) is 0 Å². The fraction of sp³-hybridized carbons (Fsp3) is 0.231. The third-order valence-electron chi connectivity index (χ3n) is 2.36. The molecular formula is C13H11BrO5. The van der Waals surface area contributed by atoms with Gasteiger partial charge in [0.2, 0.25) is 0 Å². The lowest BCUT2D eigenvalue weighted by atomic mass is 10.1. The van der Waals surface area contributed by atoms with Gasteiger partial charge < -0.3 is 13.9 Å². The van der Waals surface area contributed by atoms with Crippen molar-refractivity contribution >= 4 is 38.8 Å². The van der Waals surface area contributed by atoms with E-state index in [1.807, 2.05) is 0 Å². The van der Waals surface area contributed by atoms with Crippen LogP contribution in [0.4, 0.5) is 0 Å². The molecule has 100 valence electrons. The largest absolute Gasteiger partial charge is 0.463 e. The first-order valence-corrected chi connectivity index (χ1v) is 6.38. The monoisotopic (exact) mass is 326 g/mol. The molecule has 1 aromatic carbocycles. The van der Waals surface area contributed by atoms with Crippen LogP contribution in [0.2, 0.25) is 0 Å². The maximum absolute atomic E-state index is 11.7. The SMILES string of the molecule is CCOC(=O)c1cc(OC(C)=O)c2c(Br)coc2c1. The molecule has 0 fully saturated rings. The van der Waals surface area contributed by atoms with E-state index in [4.69, 9.17) is 13.9 Å². The van der Waals surface area contributed by atoms with Crippen molar-refractivity contribution < 1.29 is 23.5 Å². The number of halogens is 1. The molecule has 0 unspecified atom stereocenters. The number of hydrogen-bond donors (Lipinski definition) is 0. The van der Waals surface area contributed by atoms with Crippen LogP contribution in [-0.4, -0.2) is 18.5 Å². The average Bonchev–Trinajstić information content (AvgIpc) is 2.71. The van der Waals surface area contributed by atoms with Crippen LogP contribution >= 0.6 is 15.9 Å². The Morgan fingerprint density at radius 3 is 2.74 bits per heavy atom. The van der Waals surface area contributed by atoms with Crippen molar-refractivity contribution in [1.82, 2.24) is 0 Å². The van der Waals surface area contributed by atoms with Gasteiger partial charge in [-0.1, -0.05) is 0 Å². The summed E-state index contributed by atoms with van der Waals surface area (Å²) in [4.78, 5) is 22.8. The number of carbonyl (C=O) groups is 2. The number of fused-ring (bicyclic) bond motifs is 1. The summed E-state index contributed by atoms with van der Waals surface area (Å²) in [5, 5.41) is 0.600. The number of esters is 2. The van der Waals surface area contributed by atoms with Crippen LogP contribution in [0.5, 0.6) is 5.75 Å². The van der Waals surface area contributed by atoms with E-state index in [2.05, 4.69) is 15.9 Å². The molecule has 0 saturated heterocycles. The van der Waals surface area contributed by atoms with Gasteiger partial charge in [-0.2, -0.15) is 0 Å². The first-order valence-electron chi connectivity index (χ1n) is 5.59. The van der Waals surface area contributed by atoms with E-state index in [0.717, 1.165) is 0 Å². The van der Waals surface area contributed by atoms with Crippen molar-refractivity contribution in [2.75, 3.05) is 6.61 Å². The minimum Gasteiger partial charge on any atom is -0.463 e. The maximum Gasteiger partial charge on any atom is 0.338 e. The Hall–Kier alpha value is -1.82. The van der Waals surface area contributed by atoms with E-state index < -0.39 is 11.9 Å². The molecule has 0 aliphatic rings. The second-order valence-electron chi connectivity index (χ2n) is 3.75. The first kappa shape index (κ1) is 13.6. The lowest BCUT2D eigenvalue weighted by Crippen LogP contribution is -2.07. The fourth-order valence-electron chi connectivity index (χ4n) is 1.66. The Morgan fingerprint density at radius 1 is 1.37 bits per heavy atom. The second-order valence-corrected chi connectivity index (χ2v) is 4.60. The molecule has 0 bridgehead atoms. The summed E-state index contributed by atoms with van der Waals surface area (Å²) in [6.45, 7) is 3.27. The molecule has 19 heavy (non-hydrogen) atoms. The molecule has 0 saturated carbocycles. The predicted molar refractivity (Wildman–Crippen MR) is 71.2 cm³/mol. The third kappa shape index (κ3) is 2.78. The minimum absolute atomic E-state index is 0.258. The molecule has 0 aliphatic carbocycles. The Morgan fingerprint density at radius 2 is 2.11 bits per heavy atom. The van der Waals surface area contributed by atoms with Crippen molar-refractivity contribution in [3.8, 4) is 5.75 Å². The van der Waals surface area contributed by atoms with Crippen LogP contribution in [-0.2, 0) is 9.53 Å². The zero-order chi connectivity index (χ0) is 14.0. The highest BCUT2D eigenvalue weighted by atomic mass is 79.9. The van der Waals surface area contributed by atoms with Gasteiger partial charge in [0.15, 0.2) is 0 Å². The Balaban J connectivity index is 2.57.